The first kappa shape index (κ1) is 15.7. The van der Waals surface area contributed by atoms with Crippen molar-refractivity contribution in [1.82, 2.24) is 14.9 Å². The van der Waals surface area contributed by atoms with E-state index in [0.717, 1.165) is 0 Å². The number of amides is 1. The number of aromatic amines is 2. The Morgan fingerprint density at radius 2 is 1.91 bits per heavy atom. The Bertz CT molecular complexity index is 677. The number of H-pyrrole nitrogens is 2. The largest absolute Gasteiger partial charge is 0.490 e. The summed E-state index contributed by atoms with van der Waals surface area (Å²) in [5.41, 5.74) is -0.180. The molecule has 1 aromatic heterocycles. The molecule has 0 radical (unpaired) electrons. The van der Waals surface area contributed by atoms with Gasteiger partial charge in [0.25, 0.3) is 5.91 Å². The van der Waals surface area contributed by atoms with Crippen LogP contribution in [-0.4, -0.2) is 47.6 Å². The second kappa shape index (κ2) is 7.35. The van der Waals surface area contributed by atoms with E-state index in [1.807, 2.05) is 31.2 Å². The number of nitrogens with zero attached hydrogens (tertiary/aromatic N) is 1. The fourth-order valence-corrected chi connectivity index (χ4v) is 1.89. The second-order valence-electron chi connectivity index (χ2n) is 4.61. The number of carbonyl (C=O) groups excluding carboxylic acids is 1. The van der Waals surface area contributed by atoms with Crippen molar-refractivity contribution in [3.05, 3.63) is 46.6 Å². The maximum atomic E-state index is 12.0. The normalized spacial score (nSPS) is 10.3. The van der Waals surface area contributed by atoms with Crippen molar-refractivity contribution in [1.29, 1.82) is 0 Å². The highest BCUT2D eigenvalue weighted by atomic mass is 16.5. The van der Waals surface area contributed by atoms with Crippen LogP contribution in [-0.2, 0) is 0 Å². The Kier molecular flexibility index (Phi) is 5.24. The molecule has 2 rings (SSSR count). The predicted octanol–water partition coefficient (Wildman–Crippen LogP) is 1.25. The maximum Gasteiger partial charge on any atom is 0.323 e. The number of para-hydroxylation sites is 2. The zero-order chi connectivity index (χ0) is 15.9. The summed E-state index contributed by atoms with van der Waals surface area (Å²) >= 11 is 0. The molecule has 118 valence electrons. The third-order valence-electron chi connectivity index (χ3n) is 3.01. The van der Waals surface area contributed by atoms with E-state index in [1.165, 1.54) is 11.1 Å². The van der Waals surface area contributed by atoms with Crippen molar-refractivity contribution in [2.75, 3.05) is 26.8 Å². The fourth-order valence-electron chi connectivity index (χ4n) is 1.89. The van der Waals surface area contributed by atoms with Gasteiger partial charge in [-0.1, -0.05) is 12.1 Å². The molecular formula is C15H19N3O4. The van der Waals surface area contributed by atoms with Gasteiger partial charge in [0.15, 0.2) is 11.5 Å². The first-order valence-corrected chi connectivity index (χ1v) is 6.99. The van der Waals surface area contributed by atoms with Crippen molar-refractivity contribution in [2.45, 2.75) is 6.92 Å². The highest BCUT2D eigenvalue weighted by Gasteiger charge is 2.13. The van der Waals surface area contributed by atoms with Gasteiger partial charge in [0.1, 0.15) is 12.3 Å². The average molecular weight is 305 g/mol. The molecule has 7 nitrogen and oxygen atoms in total. The minimum Gasteiger partial charge on any atom is -0.490 e. The van der Waals surface area contributed by atoms with Crippen molar-refractivity contribution < 1.29 is 14.3 Å². The molecule has 2 N–H and O–H groups in total. The van der Waals surface area contributed by atoms with E-state index in [1.54, 1.807) is 7.05 Å². The van der Waals surface area contributed by atoms with E-state index >= 15 is 0 Å². The average Bonchev–Trinajstić information content (AvgIpc) is 2.95. The number of hydrogen-bond acceptors (Lipinski definition) is 4. The Morgan fingerprint density at radius 1 is 1.23 bits per heavy atom. The molecule has 0 saturated carbocycles. The molecule has 0 aliphatic carbocycles. The summed E-state index contributed by atoms with van der Waals surface area (Å²) in [6.45, 7) is 3.16. The molecule has 0 atom stereocenters. The number of hydrogen-bond donors (Lipinski definition) is 2. The molecular weight excluding hydrogens is 286 g/mol. The molecule has 0 aliphatic heterocycles. The smallest absolute Gasteiger partial charge is 0.323 e. The van der Waals surface area contributed by atoms with E-state index in [0.29, 0.717) is 31.3 Å². The Morgan fingerprint density at radius 3 is 2.50 bits per heavy atom. The first-order chi connectivity index (χ1) is 10.6. The van der Waals surface area contributed by atoms with Gasteiger partial charge in [0, 0.05) is 13.2 Å². The quantitative estimate of drug-likeness (QED) is 0.806. The van der Waals surface area contributed by atoms with E-state index in [-0.39, 0.29) is 11.6 Å². The maximum absolute atomic E-state index is 12.0. The van der Waals surface area contributed by atoms with Gasteiger partial charge >= 0.3 is 5.69 Å². The van der Waals surface area contributed by atoms with Crippen LogP contribution < -0.4 is 15.2 Å². The minimum absolute atomic E-state index is 0.224. The second-order valence-corrected chi connectivity index (χ2v) is 4.61. The van der Waals surface area contributed by atoms with Crippen LogP contribution in [0.3, 0.4) is 0 Å². The topological polar surface area (TPSA) is 87.4 Å². The van der Waals surface area contributed by atoms with Gasteiger partial charge in [-0.25, -0.2) is 4.79 Å². The molecule has 0 unspecified atom stereocenters. The highest BCUT2D eigenvalue weighted by Crippen LogP contribution is 2.26. The molecule has 0 aliphatic rings. The number of ether oxygens (including phenoxy) is 2. The van der Waals surface area contributed by atoms with Crippen LogP contribution in [0.4, 0.5) is 0 Å². The third-order valence-corrected chi connectivity index (χ3v) is 3.01. The van der Waals surface area contributed by atoms with E-state index in [4.69, 9.17) is 9.47 Å². The standard InChI is InChI=1S/C15H19N3O4/c1-3-21-12-6-4-5-7-13(12)22-9-8-18(2)14(19)11-10-16-15(20)17-11/h4-7,10H,3,8-9H2,1-2H3,(H2,16,17,20). The summed E-state index contributed by atoms with van der Waals surface area (Å²) in [7, 11) is 1.64. The zero-order valence-corrected chi connectivity index (χ0v) is 12.6. The number of aromatic nitrogens is 2. The molecule has 2 aromatic rings. The summed E-state index contributed by atoms with van der Waals surface area (Å²) in [6.07, 6.45) is 1.35. The molecule has 22 heavy (non-hydrogen) atoms. The van der Waals surface area contributed by atoms with Crippen molar-refractivity contribution in [2.24, 2.45) is 0 Å². The summed E-state index contributed by atoms with van der Waals surface area (Å²) in [5.74, 6) is 1.04. The molecule has 1 aromatic carbocycles. The Hall–Kier alpha value is -2.70. The molecule has 1 amide bonds. The van der Waals surface area contributed by atoms with Gasteiger partial charge in [0.2, 0.25) is 0 Å². The molecule has 0 spiro atoms. The lowest BCUT2D eigenvalue weighted by Crippen LogP contribution is -2.31. The van der Waals surface area contributed by atoms with Crippen LogP contribution in [0.15, 0.2) is 35.3 Å². The Balaban J connectivity index is 1.88. The number of benzene rings is 1. The number of carbonyl (C=O) groups is 1. The van der Waals surface area contributed by atoms with Crippen LogP contribution in [0, 0.1) is 0 Å². The van der Waals surface area contributed by atoms with Gasteiger partial charge in [-0.15, -0.1) is 0 Å². The lowest BCUT2D eigenvalue weighted by molar-refractivity contribution is 0.0767. The SMILES string of the molecule is CCOc1ccccc1OCCN(C)C(=O)c1c[nH]c(=O)[nH]1. The Labute approximate surface area is 127 Å². The minimum atomic E-state index is -0.404. The van der Waals surface area contributed by atoms with Crippen LogP contribution in [0.25, 0.3) is 0 Å². The van der Waals surface area contributed by atoms with Crippen molar-refractivity contribution in [3.63, 3.8) is 0 Å². The molecule has 0 bridgehead atoms. The van der Waals surface area contributed by atoms with Crippen LogP contribution in [0.1, 0.15) is 17.4 Å². The molecule has 1 heterocycles. The van der Waals surface area contributed by atoms with Gasteiger partial charge in [-0.2, -0.15) is 0 Å². The van der Waals surface area contributed by atoms with Crippen LogP contribution in [0.5, 0.6) is 11.5 Å². The van der Waals surface area contributed by atoms with E-state index in [9.17, 15) is 9.59 Å². The predicted molar refractivity (Wildman–Crippen MR) is 81.5 cm³/mol. The summed E-state index contributed by atoms with van der Waals surface area (Å²) < 4.78 is 11.1. The monoisotopic (exact) mass is 305 g/mol. The van der Waals surface area contributed by atoms with Gasteiger partial charge < -0.3 is 24.3 Å². The molecule has 7 heteroatoms. The lowest BCUT2D eigenvalue weighted by Gasteiger charge is -2.17. The summed E-state index contributed by atoms with van der Waals surface area (Å²) in [6, 6.07) is 7.38. The number of rotatable bonds is 7. The van der Waals surface area contributed by atoms with Gasteiger partial charge in [-0.05, 0) is 19.1 Å². The lowest BCUT2D eigenvalue weighted by atomic mass is 10.3. The first-order valence-electron chi connectivity index (χ1n) is 6.99. The van der Waals surface area contributed by atoms with Crippen LogP contribution >= 0.6 is 0 Å². The highest BCUT2D eigenvalue weighted by molar-refractivity contribution is 5.91. The van der Waals surface area contributed by atoms with E-state index in [2.05, 4.69) is 9.97 Å². The van der Waals surface area contributed by atoms with Gasteiger partial charge in [0.05, 0.1) is 13.2 Å². The van der Waals surface area contributed by atoms with E-state index < -0.39 is 5.69 Å². The fraction of sp³-hybridized carbons (Fsp3) is 0.333. The molecule has 0 fully saturated rings. The molecule has 0 saturated heterocycles. The number of nitrogens with one attached hydrogen (secondary N) is 2. The number of likely N-dealkylation sites (N-methyl/N-ethyl adjacent to an activating group) is 1. The third kappa shape index (κ3) is 3.91. The zero-order valence-electron chi connectivity index (χ0n) is 12.6. The number of imidazole rings is 1. The van der Waals surface area contributed by atoms with Crippen LogP contribution in [0.2, 0.25) is 0 Å². The van der Waals surface area contributed by atoms with Crippen molar-refractivity contribution in [3.8, 4) is 11.5 Å². The summed E-state index contributed by atoms with van der Waals surface area (Å²) in [5, 5.41) is 0. The van der Waals surface area contributed by atoms with Crippen molar-refractivity contribution >= 4 is 5.91 Å². The van der Waals surface area contributed by atoms with Gasteiger partial charge in [-0.3, -0.25) is 4.79 Å². The summed E-state index contributed by atoms with van der Waals surface area (Å²) in [4.78, 5) is 29.3.